The molecule has 0 spiro atoms. The van der Waals surface area contributed by atoms with Crippen molar-refractivity contribution in [3.8, 4) is 0 Å². The number of rotatable bonds is 3. The summed E-state index contributed by atoms with van der Waals surface area (Å²) >= 11 is 8.23. The van der Waals surface area contributed by atoms with Gasteiger partial charge in [-0.25, -0.2) is 0 Å². The van der Waals surface area contributed by atoms with E-state index in [-0.39, 0.29) is 12.1 Å². The van der Waals surface area contributed by atoms with Crippen LogP contribution in [-0.2, 0) is 0 Å². The Labute approximate surface area is 178 Å². The Bertz CT molecular complexity index is 999. The summed E-state index contributed by atoms with van der Waals surface area (Å²) in [5.74, 6) is 0. The molecule has 138 valence electrons. The number of pyridine rings is 1. The van der Waals surface area contributed by atoms with E-state index in [2.05, 4.69) is 93.9 Å². The molecule has 1 aliphatic rings. The highest BCUT2D eigenvalue weighted by Gasteiger charge is 2.42. The zero-order chi connectivity index (χ0) is 19.1. The monoisotopic (exact) mass is 488 g/mol. The van der Waals surface area contributed by atoms with Crippen LogP contribution in [0.5, 0.6) is 0 Å². The summed E-state index contributed by atoms with van der Waals surface area (Å²) < 4.78 is 1.25. The average molecular weight is 488 g/mol. The lowest BCUT2D eigenvalue weighted by atomic mass is 9.96. The quantitative estimate of drug-likeness (QED) is 0.397. The predicted molar refractivity (Wildman–Crippen MR) is 122 cm³/mol. The van der Waals surface area contributed by atoms with Gasteiger partial charge in [-0.15, -0.1) is 0 Å². The van der Waals surface area contributed by atoms with Gasteiger partial charge in [-0.3, -0.25) is 4.98 Å². The second-order valence-electron chi connectivity index (χ2n) is 6.94. The summed E-state index contributed by atoms with van der Waals surface area (Å²) in [4.78, 5) is 10.4. The van der Waals surface area contributed by atoms with Gasteiger partial charge in [0.2, 0.25) is 0 Å². The van der Waals surface area contributed by atoms with E-state index in [1.807, 2.05) is 18.3 Å². The Balaban J connectivity index is 1.91. The predicted octanol–water partition coefficient (Wildman–Crippen LogP) is 5.12. The largest absolute Gasteiger partial charge is 0.362 e. The minimum atomic E-state index is -0.0124. The van der Waals surface area contributed by atoms with Crippen molar-refractivity contribution < 1.29 is 0 Å². The van der Waals surface area contributed by atoms with Crippen molar-refractivity contribution in [2.24, 2.45) is 0 Å². The SMILES string of the molecule is Cc1cccc(N2C(=S)N[C@H](c3ccccn3)[C@@H]2c2c(C)[nH]c(C)c2I)c1. The summed E-state index contributed by atoms with van der Waals surface area (Å²) in [7, 11) is 0. The van der Waals surface area contributed by atoms with Crippen molar-refractivity contribution in [1.29, 1.82) is 0 Å². The number of hydrogen-bond donors (Lipinski definition) is 2. The van der Waals surface area contributed by atoms with Crippen molar-refractivity contribution in [3.05, 3.63) is 80.4 Å². The van der Waals surface area contributed by atoms with Crippen LogP contribution in [-0.4, -0.2) is 15.1 Å². The maximum absolute atomic E-state index is 5.79. The van der Waals surface area contributed by atoms with Gasteiger partial charge in [0.15, 0.2) is 5.11 Å². The molecule has 2 N–H and O–H groups in total. The Kier molecular flexibility index (Phi) is 4.94. The number of halogens is 1. The molecule has 3 aromatic rings. The van der Waals surface area contributed by atoms with E-state index in [0.29, 0.717) is 0 Å². The van der Waals surface area contributed by atoms with Crippen LogP contribution < -0.4 is 10.2 Å². The van der Waals surface area contributed by atoms with E-state index in [1.165, 1.54) is 26.1 Å². The fourth-order valence-corrected chi connectivity index (χ4v) is 5.03. The van der Waals surface area contributed by atoms with Gasteiger partial charge in [0.25, 0.3) is 0 Å². The van der Waals surface area contributed by atoms with Gasteiger partial charge in [0.1, 0.15) is 0 Å². The molecule has 0 aliphatic carbocycles. The molecule has 0 bridgehead atoms. The smallest absolute Gasteiger partial charge is 0.174 e. The van der Waals surface area contributed by atoms with E-state index in [4.69, 9.17) is 12.2 Å². The van der Waals surface area contributed by atoms with E-state index in [0.717, 1.165) is 16.5 Å². The van der Waals surface area contributed by atoms with Gasteiger partial charge in [-0.1, -0.05) is 18.2 Å². The molecule has 1 saturated heterocycles. The average Bonchev–Trinajstić information content (AvgIpc) is 3.11. The van der Waals surface area contributed by atoms with Crippen LogP contribution in [0.15, 0.2) is 48.7 Å². The number of nitrogens with zero attached hydrogens (tertiary/aromatic N) is 2. The molecule has 0 radical (unpaired) electrons. The number of anilines is 1. The molecular formula is C21H21IN4S. The third-order valence-corrected chi connectivity index (χ3v) is 6.72. The summed E-state index contributed by atoms with van der Waals surface area (Å²) in [6.07, 6.45) is 1.84. The lowest BCUT2D eigenvalue weighted by Gasteiger charge is -2.28. The normalized spacial score (nSPS) is 19.4. The topological polar surface area (TPSA) is 44.0 Å². The van der Waals surface area contributed by atoms with Crippen LogP contribution in [0, 0.1) is 24.3 Å². The zero-order valence-corrected chi connectivity index (χ0v) is 18.4. The van der Waals surface area contributed by atoms with E-state index in [9.17, 15) is 0 Å². The van der Waals surface area contributed by atoms with Crippen LogP contribution in [0.1, 0.15) is 40.3 Å². The molecule has 2 aromatic heterocycles. The number of benzene rings is 1. The third-order valence-electron chi connectivity index (χ3n) is 5.02. The molecule has 3 heterocycles. The van der Waals surface area contributed by atoms with Gasteiger partial charge in [0, 0.05) is 32.4 Å². The fourth-order valence-electron chi connectivity index (χ4n) is 3.83. The first kappa shape index (κ1) is 18.4. The van der Waals surface area contributed by atoms with Crippen LogP contribution >= 0.6 is 34.8 Å². The number of aromatic amines is 1. The van der Waals surface area contributed by atoms with Gasteiger partial charge < -0.3 is 15.2 Å². The molecule has 0 amide bonds. The second-order valence-corrected chi connectivity index (χ2v) is 8.40. The molecule has 0 unspecified atom stereocenters. The molecule has 1 aromatic carbocycles. The first-order chi connectivity index (χ1) is 13.0. The summed E-state index contributed by atoms with van der Waals surface area (Å²) in [5.41, 5.74) is 6.94. The Morgan fingerprint density at radius 3 is 2.52 bits per heavy atom. The number of aryl methyl sites for hydroxylation is 3. The van der Waals surface area contributed by atoms with Crippen molar-refractivity contribution in [2.45, 2.75) is 32.9 Å². The molecule has 1 fully saturated rings. The van der Waals surface area contributed by atoms with Crippen molar-refractivity contribution in [3.63, 3.8) is 0 Å². The Morgan fingerprint density at radius 1 is 1.07 bits per heavy atom. The molecule has 6 heteroatoms. The van der Waals surface area contributed by atoms with Crippen LogP contribution in [0.2, 0.25) is 0 Å². The van der Waals surface area contributed by atoms with Crippen molar-refractivity contribution in [2.75, 3.05) is 4.90 Å². The minimum Gasteiger partial charge on any atom is -0.362 e. The minimum absolute atomic E-state index is 0.0124. The lowest BCUT2D eigenvalue weighted by molar-refractivity contribution is 0.564. The molecule has 0 saturated carbocycles. The van der Waals surface area contributed by atoms with E-state index >= 15 is 0 Å². The molecule has 4 rings (SSSR count). The van der Waals surface area contributed by atoms with Crippen LogP contribution in [0.4, 0.5) is 5.69 Å². The molecule has 1 aliphatic heterocycles. The van der Waals surface area contributed by atoms with Gasteiger partial charge in [0.05, 0.1) is 17.8 Å². The van der Waals surface area contributed by atoms with Crippen molar-refractivity contribution >= 4 is 45.6 Å². The summed E-state index contributed by atoms with van der Waals surface area (Å²) in [5, 5.41) is 4.26. The molecule has 27 heavy (non-hydrogen) atoms. The number of nitrogens with one attached hydrogen (secondary N) is 2. The summed E-state index contributed by atoms with van der Waals surface area (Å²) in [6.45, 7) is 6.36. The fraction of sp³-hybridized carbons (Fsp3) is 0.238. The highest BCUT2D eigenvalue weighted by molar-refractivity contribution is 14.1. The second kappa shape index (κ2) is 7.24. The number of H-pyrrole nitrogens is 1. The molecular weight excluding hydrogens is 467 g/mol. The van der Waals surface area contributed by atoms with Gasteiger partial charge in [-0.2, -0.15) is 0 Å². The molecule has 4 nitrogen and oxygen atoms in total. The standard InChI is InChI=1S/C21H21IN4S/c1-12-7-6-8-15(11-12)26-20(17-13(2)24-14(3)18(17)22)19(25-21(26)27)16-9-4-5-10-23-16/h4-11,19-20,24H,1-3H3,(H,25,27)/t19-,20+/m1/s1. The Hall–Kier alpha value is -1.93. The third kappa shape index (κ3) is 3.25. The first-order valence-electron chi connectivity index (χ1n) is 8.89. The lowest BCUT2D eigenvalue weighted by Crippen LogP contribution is -2.29. The van der Waals surface area contributed by atoms with E-state index in [1.54, 1.807) is 0 Å². The van der Waals surface area contributed by atoms with Crippen LogP contribution in [0.3, 0.4) is 0 Å². The van der Waals surface area contributed by atoms with Gasteiger partial charge in [-0.05, 0) is 85.4 Å². The maximum Gasteiger partial charge on any atom is 0.174 e. The van der Waals surface area contributed by atoms with Crippen LogP contribution in [0.25, 0.3) is 0 Å². The highest BCUT2D eigenvalue weighted by Crippen LogP contribution is 2.44. The Morgan fingerprint density at radius 2 is 1.89 bits per heavy atom. The number of hydrogen-bond acceptors (Lipinski definition) is 2. The first-order valence-corrected chi connectivity index (χ1v) is 10.4. The van der Waals surface area contributed by atoms with Gasteiger partial charge >= 0.3 is 0 Å². The van der Waals surface area contributed by atoms with Crippen molar-refractivity contribution in [1.82, 2.24) is 15.3 Å². The highest BCUT2D eigenvalue weighted by atomic mass is 127. The number of aromatic nitrogens is 2. The number of thiocarbonyl (C=S) groups is 1. The zero-order valence-electron chi connectivity index (χ0n) is 15.5. The maximum atomic E-state index is 5.79. The molecule has 2 atom stereocenters. The summed E-state index contributed by atoms with van der Waals surface area (Å²) in [6, 6.07) is 14.6. The van der Waals surface area contributed by atoms with E-state index < -0.39 is 0 Å².